The monoisotopic (exact) mass is 412 g/mol. The fourth-order valence-corrected chi connectivity index (χ4v) is 6.10. The first kappa shape index (κ1) is 22.9. The van der Waals surface area contributed by atoms with Gasteiger partial charge >= 0.3 is 0 Å². The number of sulfonamides is 1. The van der Waals surface area contributed by atoms with E-state index in [1.54, 1.807) is 13.8 Å². The van der Waals surface area contributed by atoms with Gasteiger partial charge in [-0.2, -0.15) is 9.40 Å². The number of hydrogen-bond donors (Lipinski definition) is 1. The molecule has 0 bridgehead atoms. The number of nitrogens with one attached hydrogen (secondary N) is 1. The molecule has 1 fully saturated rings. The predicted molar refractivity (Wildman–Crippen MR) is 111 cm³/mol. The Morgan fingerprint density at radius 3 is 2.36 bits per heavy atom. The van der Waals surface area contributed by atoms with Crippen LogP contribution in [0.15, 0.2) is 4.90 Å². The number of aryl methyl sites for hydroxylation is 1. The van der Waals surface area contributed by atoms with Crippen LogP contribution in [0.1, 0.15) is 70.7 Å². The minimum absolute atomic E-state index is 0.0486. The van der Waals surface area contributed by atoms with Crippen LogP contribution in [-0.2, 0) is 21.4 Å². The summed E-state index contributed by atoms with van der Waals surface area (Å²) < 4.78 is 29.4. The Morgan fingerprint density at radius 2 is 1.79 bits per heavy atom. The summed E-state index contributed by atoms with van der Waals surface area (Å²) in [4.78, 5) is 12.8. The van der Waals surface area contributed by atoms with Gasteiger partial charge in [-0.05, 0) is 45.4 Å². The van der Waals surface area contributed by atoms with Crippen LogP contribution >= 0.6 is 0 Å². The zero-order chi connectivity index (χ0) is 20.9. The van der Waals surface area contributed by atoms with Crippen molar-refractivity contribution in [3.05, 3.63) is 11.4 Å². The Labute approximate surface area is 169 Å². The van der Waals surface area contributed by atoms with Crippen molar-refractivity contribution in [1.29, 1.82) is 0 Å². The molecular weight excluding hydrogens is 376 g/mol. The van der Waals surface area contributed by atoms with Gasteiger partial charge in [0.25, 0.3) is 0 Å². The summed E-state index contributed by atoms with van der Waals surface area (Å²) in [6.07, 6.45) is 6.02. The lowest BCUT2D eigenvalue weighted by Crippen LogP contribution is -2.42. The van der Waals surface area contributed by atoms with E-state index in [0.717, 1.165) is 32.1 Å². The van der Waals surface area contributed by atoms with E-state index in [0.29, 0.717) is 30.4 Å². The van der Waals surface area contributed by atoms with Crippen LogP contribution in [0.3, 0.4) is 0 Å². The van der Waals surface area contributed by atoms with E-state index in [-0.39, 0.29) is 23.4 Å². The summed E-state index contributed by atoms with van der Waals surface area (Å²) >= 11 is 0. The molecule has 1 aliphatic rings. The highest BCUT2D eigenvalue weighted by atomic mass is 32.2. The molecule has 0 unspecified atom stereocenters. The molecule has 0 radical (unpaired) electrons. The van der Waals surface area contributed by atoms with E-state index in [1.807, 2.05) is 13.8 Å². The summed E-state index contributed by atoms with van der Waals surface area (Å²) in [6.45, 7) is 10.6. The summed E-state index contributed by atoms with van der Waals surface area (Å²) in [5.74, 6) is 0.373. The van der Waals surface area contributed by atoms with Crippen molar-refractivity contribution < 1.29 is 13.2 Å². The summed E-state index contributed by atoms with van der Waals surface area (Å²) in [5.41, 5.74) is 0.982. The molecule has 0 aliphatic heterocycles. The lowest BCUT2D eigenvalue weighted by Gasteiger charge is -2.29. The van der Waals surface area contributed by atoms with Gasteiger partial charge in [-0.15, -0.1) is 0 Å². The Bertz CT molecular complexity index is 767. The van der Waals surface area contributed by atoms with E-state index >= 15 is 0 Å². The van der Waals surface area contributed by atoms with Crippen molar-refractivity contribution in [2.75, 3.05) is 13.1 Å². The number of nitrogens with zero attached hydrogens (tertiary/aromatic N) is 3. The SMILES string of the molecule is CCCN(CCC)S(=O)(=O)c1c(C)nn(CC(=O)N[C@H]2CCCC[C@H]2C)c1C. The second-order valence-corrected chi connectivity index (χ2v) is 9.87. The van der Waals surface area contributed by atoms with E-state index in [2.05, 4.69) is 17.3 Å². The van der Waals surface area contributed by atoms with E-state index in [1.165, 1.54) is 15.4 Å². The minimum Gasteiger partial charge on any atom is -0.351 e. The predicted octanol–water partition coefficient (Wildman–Crippen LogP) is 3.01. The second kappa shape index (κ2) is 9.87. The molecule has 0 spiro atoms. The molecular formula is C20H36N4O3S. The van der Waals surface area contributed by atoms with Gasteiger partial charge in [0.05, 0.1) is 11.4 Å². The summed E-state index contributed by atoms with van der Waals surface area (Å²) in [7, 11) is -3.62. The van der Waals surface area contributed by atoms with Gasteiger partial charge in [0.2, 0.25) is 15.9 Å². The normalized spacial score (nSPS) is 20.5. The first-order valence-corrected chi connectivity index (χ1v) is 12.0. The number of aromatic nitrogens is 2. The molecule has 8 heteroatoms. The highest BCUT2D eigenvalue weighted by molar-refractivity contribution is 7.89. The van der Waals surface area contributed by atoms with Gasteiger partial charge < -0.3 is 5.32 Å². The van der Waals surface area contributed by atoms with Crippen LogP contribution in [-0.4, -0.2) is 47.5 Å². The van der Waals surface area contributed by atoms with Gasteiger partial charge in [0.15, 0.2) is 0 Å². The quantitative estimate of drug-likeness (QED) is 0.676. The molecule has 28 heavy (non-hydrogen) atoms. The van der Waals surface area contributed by atoms with Crippen LogP contribution in [0.25, 0.3) is 0 Å². The van der Waals surface area contributed by atoms with Gasteiger partial charge in [0.1, 0.15) is 11.4 Å². The molecule has 1 saturated carbocycles. The second-order valence-electron chi connectivity index (χ2n) is 8.00. The minimum atomic E-state index is -3.62. The van der Waals surface area contributed by atoms with Crippen molar-refractivity contribution >= 4 is 15.9 Å². The topological polar surface area (TPSA) is 84.3 Å². The average Bonchev–Trinajstić information content (AvgIpc) is 2.90. The summed E-state index contributed by atoms with van der Waals surface area (Å²) in [5, 5.41) is 7.50. The molecule has 2 atom stereocenters. The smallest absolute Gasteiger partial charge is 0.246 e. The molecule has 1 aliphatic carbocycles. The van der Waals surface area contributed by atoms with E-state index < -0.39 is 10.0 Å². The number of carbonyl (C=O) groups is 1. The molecule has 7 nitrogen and oxygen atoms in total. The number of carbonyl (C=O) groups excluding carboxylic acids is 1. The van der Waals surface area contributed by atoms with Crippen LogP contribution in [0.2, 0.25) is 0 Å². The molecule has 1 aromatic heterocycles. The maximum absolute atomic E-state index is 13.2. The molecule has 0 aromatic carbocycles. The zero-order valence-electron chi connectivity index (χ0n) is 18.0. The Morgan fingerprint density at radius 1 is 1.18 bits per heavy atom. The largest absolute Gasteiger partial charge is 0.351 e. The fraction of sp³-hybridized carbons (Fsp3) is 0.800. The third-order valence-electron chi connectivity index (χ3n) is 5.61. The Balaban J connectivity index is 2.19. The van der Waals surface area contributed by atoms with Crippen molar-refractivity contribution in [3.63, 3.8) is 0 Å². The first-order chi connectivity index (χ1) is 13.2. The third kappa shape index (κ3) is 5.14. The van der Waals surface area contributed by atoms with Crippen LogP contribution in [0, 0.1) is 19.8 Å². The molecule has 0 saturated heterocycles. The van der Waals surface area contributed by atoms with Crippen molar-refractivity contribution in [1.82, 2.24) is 19.4 Å². The lowest BCUT2D eigenvalue weighted by molar-refractivity contribution is -0.123. The Kier molecular flexibility index (Phi) is 8.07. The van der Waals surface area contributed by atoms with Crippen molar-refractivity contribution in [2.45, 2.75) is 90.6 Å². The van der Waals surface area contributed by atoms with Crippen LogP contribution in [0.5, 0.6) is 0 Å². The first-order valence-electron chi connectivity index (χ1n) is 10.6. The third-order valence-corrected chi connectivity index (χ3v) is 7.76. The maximum atomic E-state index is 13.2. The molecule has 1 N–H and O–H groups in total. The van der Waals surface area contributed by atoms with Crippen LogP contribution < -0.4 is 5.32 Å². The molecule has 1 amide bonds. The fourth-order valence-electron chi connectivity index (χ4n) is 4.11. The number of hydrogen-bond acceptors (Lipinski definition) is 4. The molecule has 160 valence electrons. The van der Waals surface area contributed by atoms with Gasteiger partial charge in [-0.1, -0.05) is 33.6 Å². The van der Waals surface area contributed by atoms with Crippen molar-refractivity contribution in [3.8, 4) is 0 Å². The van der Waals surface area contributed by atoms with Crippen molar-refractivity contribution in [2.24, 2.45) is 5.92 Å². The Hall–Kier alpha value is -1.41. The summed E-state index contributed by atoms with van der Waals surface area (Å²) in [6, 6.07) is 0.200. The van der Waals surface area contributed by atoms with E-state index in [4.69, 9.17) is 0 Å². The number of rotatable bonds is 9. The molecule has 2 rings (SSSR count). The highest BCUT2D eigenvalue weighted by Crippen LogP contribution is 2.25. The van der Waals surface area contributed by atoms with E-state index in [9.17, 15) is 13.2 Å². The van der Waals surface area contributed by atoms with Gasteiger partial charge in [-0.25, -0.2) is 8.42 Å². The molecule has 1 heterocycles. The van der Waals surface area contributed by atoms with Crippen LogP contribution in [0.4, 0.5) is 0 Å². The highest BCUT2D eigenvalue weighted by Gasteiger charge is 2.31. The molecule has 1 aromatic rings. The number of amides is 1. The maximum Gasteiger partial charge on any atom is 0.246 e. The zero-order valence-corrected chi connectivity index (χ0v) is 18.8. The van der Waals surface area contributed by atoms with Gasteiger partial charge in [0, 0.05) is 19.1 Å². The standard InChI is InChI=1S/C20H36N4O3S/c1-6-12-23(13-7-2)28(26,27)20-16(4)22-24(17(20)5)14-19(25)21-18-11-9-8-10-15(18)3/h15,18H,6-14H2,1-5H3,(H,21,25)/t15-,18+/m1/s1. The lowest BCUT2D eigenvalue weighted by atomic mass is 9.86. The average molecular weight is 413 g/mol. The van der Waals surface area contributed by atoms with Gasteiger partial charge in [-0.3, -0.25) is 9.48 Å².